The second-order valence-corrected chi connectivity index (χ2v) is 3.08. The molecule has 0 amide bonds. The fourth-order valence-electron chi connectivity index (χ4n) is 0.945. The lowest BCUT2D eigenvalue weighted by atomic mass is 10.3. The SMILES string of the molecule is CCCCn1cc(Cl)c([N+](=O)[O-])n1. The standard InChI is InChI=1S/C7H10ClN3O2/c1-2-3-4-10-5-6(8)7(9-10)11(12)13/h5H,2-4H2,1H3. The first kappa shape index (κ1) is 9.98. The summed E-state index contributed by atoms with van der Waals surface area (Å²) in [5.41, 5.74) is 0. The first-order valence-electron chi connectivity index (χ1n) is 4.02. The summed E-state index contributed by atoms with van der Waals surface area (Å²) in [6.45, 7) is 2.71. The maximum absolute atomic E-state index is 10.4. The maximum atomic E-state index is 10.4. The predicted octanol–water partition coefficient (Wildman–Crippen LogP) is 2.24. The topological polar surface area (TPSA) is 61.0 Å². The molecule has 0 unspecified atom stereocenters. The Hall–Kier alpha value is -1.10. The molecule has 0 aromatic carbocycles. The van der Waals surface area contributed by atoms with Gasteiger partial charge < -0.3 is 10.1 Å². The van der Waals surface area contributed by atoms with E-state index in [0.717, 1.165) is 12.8 Å². The molecule has 0 N–H and O–H groups in total. The number of nitro groups is 1. The lowest BCUT2D eigenvalue weighted by Gasteiger charge is -1.91. The van der Waals surface area contributed by atoms with Crippen molar-refractivity contribution < 1.29 is 4.92 Å². The molecule has 0 aliphatic carbocycles. The Labute approximate surface area is 80.5 Å². The van der Waals surface area contributed by atoms with Gasteiger partial charge in [-0.15, -0.1) is 0 Å². The van der Waals surface area contributed by atoms with Crippen LogP contribution in [0.4, 0.5) is 5.82 Å². The molecular formula is C7H10ClN3O2. The van der Waals surface area contributed by atoms with Crippen molar-refractivity contribution in [2.45, 2.75) is 26.3 Å². The van der Waals surface area contributed by atoms with Crippen molar-refractivity contribution in [2.75, 3.05) is 0 Å². The molecule has 0 saturated heterocycles. The molecule has 0 atom stereocenters. The summed E-state index contributed by atoms with van der Waals surface area (Å²) in [5, 5.41) is 14.2. The van der Waals surface area contributed by atoms with Crippen LogP contribution in [0.2, 0.25) is 5.02 Å². The number of hydrogen-bond donors (Lipinski definition) is 0. The minimum absolute atomic E-state index is 0.0982. The van der Waals surface area contributed by atoms with Gasteiger partial charge in [0.1, 0.15) is 0 Å². The smallest absolute Gasteiger partial charge is 0.358 e. The van der Waals surface area contributed by atoms with E-state index in [1.54, 1.807) is 0 Å². The molecule has 6 heteroatoms. The van der Waals surface area contributed by atoms with E-state index in [2.05, 4.69) is 5.10 Å². The predicted molar refractivity (Wildman–Crippen MR) is 48.8 cm³/mol. The molecule has 0 aliphatic rings. The second-order valence-electron chi connectivity index (χ2n) is 2.67. The molecule has 5 nitrogen and oxygen atoms in total. The molecule has 0 spiro atoms. The highest BCUT2D eigenvalue weighted by atomic mass is 35.5. The third-order valence-corrected chi connectivity index (χ3v) is 1.88. The highest BCUT2D eigenvalue weighted by molar-refractivity contribution is 6.32. The number of nitrogens with zero attached hydrogens (tertiary/aromatic N) is 3. The summed E-state index contributed by atoms with van der Waals surface area (Å²) in [6, 6.07) is 0. The average molecular weight is 204 g/mol. The minimum atomic E-state index is -0.579. The molecular weight excluding hydrogens is 194 g/mol. The van der Waals surface area contributed by atoms with Crippen LogP contribution in [0, 0.1) is 10.1 Å². The van der Waals surface area contributed by atoms with Crippen molar-refractivity contribution in [3.63, 3.8) is 0 Å². The van der Waals surface area contributed by atoms with Gasteiger partial charge in [-0.25, -0.2) is 0 Å². The van der Waals surface area contributed by atoms with Crippen LogP contribution in [0.1, 0.15) is 19.8 Å². The molecule has 1 rings (SSSR count). The van der Waals surface area contributed by atoms with E-state index in [-0.39, 0.29) is 10.8 Å². The van der Waals surface area contributed by atoms with Crippen molar-refractivity contribution in [1.29, 1.82) is 0 Å². The van der Waals surface area contributed by atoms with Gasteiger partial charge in [-0.05, 0) is 11.3 Å². The van der Waals surface area contributed by atoms with E-state index in [0.29, 0.717) is 6.54 Å². The van der Waals surface area contributed by atoms with Crippen molar-refractivity contribution in [1.82, 2.24) is 9.78 Å². The maximum Gasteiger partial charge on any atom is 0.408 e. The third kappa shape index (κ3) is 2.42. The Morgan fingerprint density at radius 1 is 1.77 bits per heavy atom. The molecule has 0 bridgehead atoms. The zero-order valence-corrected chi connectivity index (χ0v) is 7.99. The Balaban J connectivity index is 2.76. The third-order valence-electron chi connectivity index (χ3n) is 1.61. The van der Waals surface area contributed by atoms with Crippen molar-refractivity contribution >= 4 is 17.4 Å². The van der Waals surface area contributed by atoms with Crippen LogP contribution in [-0.4, -0.2) is 14.7 Å². The number of unbranched alkanes of at least 4 members (excludes halogenated alkanes) is 1. The van der Waals surface area contributed by atoms with Gasteiger partial charge in [-0.1, -0.05) is 24.9 Å². The largest absolute Gasteiger partial charge is 0.408 e. The number of halogens is 1. The van der Waals surface area contributed by atoms with Gasteiger partial charge in [0.25, 0.3) is 0 Å². The monoisotopic (exact) mass is 203 g/mol. The number of rotatable bonds is 4. The Bertz CT molecular complexity index is 311. The summed E-state index contributed by atoms with van der Waals surface area (Å²) in [7, 11) is 0. The molecule has 72 valence electrons. The van der Waals surface area contributed by atoms with Gasteiger partial charge >= 0.3 is 5.82 Å². The quantitative estimate of drug-likeness (QED) is 0.557. The van der Waals surface area contributed by atoms with Crippen LogP contribution in [0.3, 0.4) is 0 Å². The molecule has 0 fully saturated rings. The zero-order chi connectivity index (χ0) is 9.84. The fourth-order valence-corrected chi connectivity index (χ4v) is 1.16. The zero-order valence-electron chi connectivity index (χ0n) is 7.23. The van der Waals surface area contributed by atoms with Crippen molar-refractivity contribution in [3.05, 3.63) is 21.3 Å². The molecule has 0 saturated carbocycles. The van der Waals surface area contributed by atoms with Gasteiger partial charge in [-0.2, -0.15) is 4.68 Å². The Morgan fingerprint density at radius 3 is 2.92 bits per heavy atom. The van der Waals surface area contributed by atoms with E-state index in [1.165, 1.54) is 10.9 Å². The fraction of sp³-hybridized carbons (Fsp3) is 0.571. The van der Waals surface area contributed by atoms with Gasteiger partial charge in [0, 0.05) is 0 Å². The first-order chi connectivity index (χ1) is 6.15. The van der Waals surface area contributed by atoms with Crippen LogP contribution in [0.25, 0.3) is 0 Å². The first-order valence-corrected chi connectivity index (χ1v) is 4.40. The van der Waals surface area contributed by atoms with Gasteiger partial charge in [0.15, 0.2) is 5.02 Å². The lowest BCUT2D eigenvalue weighted by molar-refractivity contribution is -0.389. The number of aromatic nitrogens is 2. The summed E-state index contributed by atoms with van der Waals surface area (Å²) in [5.74, 6) is -0.266. The highest BCUT2D eigenvalue weighted by Crippen LogP contribution is 2.21. The molecule has 0 aliphatic heterocycles. The Kier molecular flexibility index (Phi) is 3.25. The summed E-state index contributed by atoms with van der Waals surface area (Å²) in [4.78, 5) is 9.78. The number of aryl methyl sites for hydroxylation is 1. The van der Waals surface area contributed by atoms with Gasteiger partial charge in [0.2, 0.25) is 0 Å². The minimum Gasteiger partial charge on any atom is -0.358 e. The van der Waals surface area contributed by atoms with Gasteiger partial charge in [0.05, 0.1) is 17.8 Å². The van der Waals surface area contributed by atoms with E-state index < -0.39 is 4.92 Å². The van der Waals surface area contributed by atoms with E-state index >= 15 is 0 Å². The van der Waals surface area contributed by atoms with Crippen LogP contribution in [0.5, 0.6) is 0 Å². The highest BCUT2D eigenvalue weighted by Gasteiger charge is 2.18. The lowest BCUT2D eigenvalue weighted by Crippen LogP contribution is -1.99. The van der Waals surface area contributed by atoms with E-state index in [9.17, 15) is 10.1 Å². The van der Waals surface area contributed by atoms with E-state index in [4.69, 9.17) is 11.6 Å². The number of hydrogen-bond acceptors (Lipinski definition) is 3. The Morgan fingerprint density at radius 2 is 2.46 bits per heavy atom. The summed E-state index contributed by atoms with van der Waals surface area (Å²) in [6.07, 6.45) is 3.44. The van der Waals surface area contributed by atoms with Crippen LogP contribution in [0.15, 0.2) is 6.20 Å². The van der Waals surface area contributed by atoms with Crippen LogP contribution >= 0.6 is 11.6 Å². The molecule has 1 aromatic rings. The normalized spacial score (nSPS) is 10.3. The van der Waals surface area contributed by atoms with Gasteiger partial charge in [-0.3, -0.25) is 0 Å². The van der Waals surface area contributed by atoms with Crippen LogP contribution in [-0.2, 0) is 6.54 Å². The summed E-state index contributed by atoms with van der Waals surface area (Å²) >= 11 is 5.59. The van der Waals surface area contributed by atoms with Crippen LogP contribution < -0.4 is 0 Å². The van der Waals surface area contributed by atoms with Crippen molar-refractivity contribution in [2.24, 2.45) is 0 Å². The average Bonchev–Trinajstić information content (AvgIpc) is 2.43. The molecule has 1 aromatic heterocycles. The molecule has 0 radical (unpaired) electrons. The van der Waals surface area contributed by atoms with E-state index in [1.807, 2.05) is 6.92 Å². The second kappa shape index (κ2) is 4.23. The van der Waals surface area contributed by atoms with Crippen molar-refractivity contribution in [3.8, 4) is 0 Å². The molecule has 13 heavy (non-hydrogen) atoms. The summed E-state index contributed by atoms with van der Waals surface area (Å²) < 4.78 is 1.50. The molecule has 1 heterocycles.